The Morgan fingerprint density at radius 3 is 2.28 bits per heavy atom. The molecule has 0 saturated heterocycles. The summed E-state index contributed by atoms with van der Waals surface area (Å²) in [6.45, 7) is 9.56. The fraction of sp³-hybridized carbons (Fsp3) is 0.600. The van der Waals surface area contributed by atoms with Crippen LogP contribution in [0, 0.1) is 0 Å². The Balaban J connectivity index is 2.51. The molecule has 0 heterocycles. The Morgan fingerprint density at radius 1 is 1.22 bits per heavy atom. The average molecular weight is 267 g/mol. The summed E-state index contributed by atoms with van der Waals surface area (Å²) in [7, 11) is 0. The van der Waals surface area contributed by atoms with Gasteiger partial charge in [-0.25, -0.2) is 0 Å². The topological polar surface area (TPSA) is 21.3 Å². The molecular formula is C15H25NOS. The highest BCUT2D eigenvalue weighted by Gasteiger charge is 2.14. The number of hydrogen-bond donors (Lipinski definition) is 1. The third-order valence-electron chi connectivity index (χ3n) is 2.68. The maximum absolute atomic E-state index is 5.99. The summed E-state index contributed by atoms with van der Waals surface area (Å²) >= 11 is 1.75. The van der Waals surface area contributed by atoms with E-state index in [1.54, 1.807) is 11.8 Å². The lowest BCUT2D eigenvalue weighted by molar-refractivity contribution is 0.181. The van der Waals surface area contributed by atoms with E-state index in [0.717, 1.165) is 18.7 Å². The van der Waals surface area contributed by atoms with Crippen molar-refractivity contribution in [3.8, 4) is 5.75 Å². The number of thioether (sulfide) groups is 1. The van der Waals surface area contributed by atoms with Gasteiger partial charge in [-0.05, 0) is 57.7 Å². The predicted molar refractivity (Wildman–Crippen MR) is 80.7 cm³/mol. The van der Waals surface area contributed by atoms with Gasteiger partial charge in [0.05, 0.1) is 0 Å². The second-order valence-electron chi connectivity index (χ2n) is 5.45. The first-order chi connectivity index (χ1) is 8.44. The first-order valence-electron chi connectivity index (χ1n) is 6.50. The molecule has 2 nitrogen and oxygen atoms in total. The standard InChI is InChI=1S/C15H25NOS/c1-6-12(11-16-15(2,3)4)17-13-7-9-14(18-5)10-8-13/h7-10,12,16H,6,11H2,1-5H3. The molecule has 3 heteroatoms. The van der Waals surface area contributed by atoms with E-state index in [4.69, 9.17) is 4.74 Å². The van der Waals surface area contributed by atoms with Gasteiger partial charge in [-0.1, -0.05) is 6.92 Å². The summed E-state index contributed by atoms with van der Waals surface area (Å²) < 4.78 is 5.99. The van der Waals surface area contributed by atoms with Crippen LogP contribution in [0.25, 0.3) is 0 Å². The molecule has 0 aliphatic carbocycles. The van der Waals surface area contributed by atoms with Crippen LogP contribution in [0.2, 0.25) is 0 Å². The van der Waals surface area contributed by atoms with Gasteiger partial charge in [0.2, 0.25) is 0 Å². The molecule has 0 amide bonds. The highest BCUT2D eigenvalue weighted by atomic mass is 32.2. The summed E-state index contributed by atoms with van der Waals surface area (Å²) in [6, 6.07) is 8.30. The SMILES string of the molecule is CCC(CNC(C)(C)C)Oc1ccc(SC)cc1. The maximum atomic E-state index is 5.99. The zero-order valence-corrected chi connectivity index (χ0v) is 12.9. The second-order valence-corrected chi connectivity index (χ2v) is 6.33. The molecular weight excluding hydrogens is 242 g/mol. The Kier molecular flexibility index (Phi) is 6.03. The van der Waals surface area contributed by atoms with Crippen LogP contribution in [0.5, 0.6) is 5.75 Å². The van der Waals surface area contributed by atoms with E-state index in [2.05, 4.69) is 51.4 Å². The van der Waals surface area contributed by atoms with Gasteiger partial charge in [-0.3, -0.25) is 0 Å². The first kappa shape index (κ1) is 15.4. The van der Waals surface area contributed by atoms with Crippen molar-refractivity contribution in [1.29, 1.82) is 0 Å². The Hall–Kier alpha value is -0.670. The zero-order valence-electron chi connectivity index (χ0n) is 12.1. The van der Waals surface area contributed by atoms with Gasteiger partial charge in [0.25, 0.3) is 0 Å². The molecule has 0 radical (unpaired) electrons. The molecule has 1 atom stereocenters. The molecule has 1 N–H and O–H groups in total. The Morgan fingerprint density at radius 2 is 1.83 bits per heavy atom. The van der Waals surface area contributed by atoms with Gasteiger partial charge in [0.1, 0.15) is 11.9 Å². The van der Waals surface area contributed by atoms with Crippen LogP contribution in [0.15, 0.2) is 29.2 Å². The van der Waals surface area contributed by atoms with Gasteiger partial charge in [0.15, 0.2) is 0 Å². The van der Waals surface area contributed by atoms with E-state index in [9.17, 15) is 0 Å². The minimum Gasteiger partial charge on any atom is -0.489 e. The van der Waals surface area contributed by atoms with Crippen molar-refractivity contribution in [1.82, 2.24) is 5.32 Å². The van der Waals surface area contributed by atoms with Crippen molar-refractivity contribution in [2.45, 2.75) is 50.7 Å². The van der Waals surface area contributed by atoms with Crippen LogP contribution in [-0.4, -0.2) is 24.4 Å². The smallest absolute Gasteiger partial charge is 0.119 e. The van der Waals surface area contributed by atoms with E-state index < -0.39 is 0 Å². The largest absolute Gasteiger partial charge is 0.489 e. The fourth-order valence-electron chi connectivity index (χ4n) is 1.54. The lowest BCUT2D eigenvalue weighted by Gasteiger charge is -2.25. The fourth-order valence-corrected chi connectivity index (χ4v) is 1.94. The van der Waals surface area contributed by atoms with Gasteiger partial charge < -0.3 is 10.1 Å². The molecule has 18 heavy (non-hydrogen) atoms. The van der Waals surface area contributed by atoms with Crippen molar-refractivity contribution in [2.75, 3.05) is 12.8 Å². The van der Waals surface area contributed by atoms with E-state index >= 15 is 0 Å². The van der Waals surface area contributed by atoms with Crippen molar-refractivity contribution in [3.05, 3.63) is 24.3 Å². The molecule has 0 fully saturated rings. The summed E-state index contributed by atoms with van der Waals surface area (Å²) in [5.74, 6) is 0.954. The third-order valence-corrected chi connectivity index (χ3v) is 3.42. The summed E-state index contributed by atoms with van der Waals surface area (Å²) in [5.41, 5.74) is 0.138. The lowest BCUT2D eigenvalue weighted by Crippen LogP contribution is -2.42. The van der Waals surface area contributed by atoms with Crippen molar-refractivity contribution >= 4 is 11.8 Å². The van der Waals surface area contributed by atoms with Gasteiger partial charge in [-0.15, -0.1) is 11.8 Å². The number of nitrogens with one attached hydrogen (secondary N) is 1. The highest BCUT2D eigenvalue weighted by Crippen LogP contribution is 2.20. The highest BCUT2D eigenvalue weighted by molar-refractivity contribution is 7.98. The molecule has 0 aliphatic rings. The molecule has 0 aromatic heterocycles. The van der Waals surface area contributed by atoms with Crippen LogP contribution in [0.3, 0.4) is 0 Å². The number of ether oxygens (including phenoxy) is 1. The van der Waals surface area contributed by atoms with Gasteiger partial charge in [0, 0.05) is 17.0 Å². The minimum atomic E-state index is 0.138. The molecule has 0 aliphatic heterocycles. The molecule has 1 unspecified atom stereocenters. The average Bonchev–Trinajstić information content (AvgIpc) is 2.34. The maximum Gasteiger partial charge on any atom is 0.119 e. The van der Waals surface area contributed by atoms with E-state index in [-0.39, 0.29) is 11.6 Å². The minimum absolute atomic E-state index is 0.138. The normalized spacial score (nSPS) is 13.4. The third kappa shape index (κ3) is 5.78. The molecule has 0 saturated carbocycles. The van der Waals surface area contributed by atoms with Crippen LogP contribution in [0.1, 0.15) is 34.1 Å². The van der Waals surface area contributed by atoms with Crippen molar-refractivity contribution in [3.63, 3.8) is 0 Å². The Labute approximate surface area is 116 Å². The summed E-state index contributed by atoms with van der Waals surface area (Å²) in [5, 5.41) is 3.49. The molecule has 1 rings (SSSR count). The van der Waals surface area contributed by atoms with Crippen LogP contribution in [-0.2, 0) is 0 Å². The molecule has 1 aromatic carbocycles. The number of benzene rings is 1. The zero-order chi connectivity index (χ0) is 13.6. The number of rotatable bonds is 6. The molecule has 0 bridgehead atoms. The van der Waals surface area contributed by atoms with Crippen molar-refractivity contribution < 1.29 is 4.74 Å². The van der Waals surface area contributed by atoms with E-state index in [0.29, 0.717) is 0 Å². The summed E-state index contributed by atoms with van der Waals surface area (Å²) in [6.07, 6.45) is 3.31. The van der Waals surface area contributed by atoms with Crippen LogP contribution < -0.4 is 10.1 Å². The summed E-state index contributed by atoms with van der Waals surface area (Å²) in [4.78, 5) is 1.27. The quantitative estimate of drug-likeness (QED) is 0.788. The first-order valence-corrected chi connectivity index (χ1v) is 7.73. The molecule has 0 spiro atoms. The van der Waals surface area contributed by atoms with Gasteiger partial charge in [-0.2, -0.15) is 0 Å². The van der Waals surface area contributed by atoms with E-state index in [1.165, 1.54) is 4.90 Å². The number of hydrogen-bond acceptors (Lipinski definition) is 3. The monoisotopic (exact) mass is 267 g/mol. The van der Waals surface area contributed by atoms with Crippen LogP contribution >= 0.6 is 11.8 Å². The lowest BCUT2D eigenvalue weighted by atomic mass is 10.1. The Bertz CT molecular complexity index is 343. The van der Waals surface area contributed by atoms with E-state index in [1.807, 2.05) is 12.1 Å². The molecule has 102 valence electrons. The predicted octanol–water partition coefficient (Wildman–Crippen LogP) is 3.95. The molecule has 1 aromatic rings. The van der Waals surface area contributed by atoms with Gasteiger partial charge >= 0.3 is 0 Å². The van der Waals surface area contributed by atoms with Crippen molar-refractivity contribution in [2.24, 2.45) is 0 Å². The second kappa shape index (κ2) is 7.05. The van der Waals surface area contributed by atoms with Crippen LogP contribution in [0.4, 0.5) is 0 Å².